The third-order valence-corrected chi connectivity index (χ3v) is 9.33. The molecule has 0 radical (unpaired) electrons. The van der Waals surface area contributed by atoms with Gasteiger partial charge in [-0.1, -0.05) is 36.4 Å². The molecule has 44 heavy (non-hydrogen) atoms. The molecule has 6 rings (SSSR count). The molecule has 1 saturated carbocycles. The van der Waals surface area contributed by atoms with Gasteiger partial charge in [-0.05, 0) is 57.0 Å². The number of aromatic nitrogens is 2. The van der Waals surface area contributed by atoms with Crippen molar-refractivity contribution in [1.82, 2.24) is 19.8 Å². The largest absolute Gasteiger partial charge is 0.463 e. The van der Waals surface area contributed by atoms with Crippen LogP contribution in [0.5, 0.6) is 6.01 Å². The number of fused-ring (bicyclic) bond motifs is 2. The number of carbonyl (C=O) groups excluding carboxylic acids is 1. The van der Waals surface area contributed by atoms with Gasteiger partial charge in [0.2, 0.25) is 5.91 Å². The first kappa shape index (κ1) is 30.1. The highest BCUT2D eigenvalue weighted by atomic mass is 35.5. The number of amides is 1. The SMILES string of the molecule is C=CC(=O)N1CCN(c2nc(OCC3(CN(C)C)CC3)nc3c2CCN(c2cccc4ccc(F)c(Cl)c24)C3)CC1CC#N. The number of nitrogens with zero attached hydrogens (tertiary/aromatic N) is 7. The molecule has 0 bridgehead atoms. The Morgan fingerprint density at radius 2 is 2.05 bits per heavy atom. The van der Waals surface area contributed by atoms with E-state index in [0.717, 1.165) is 47.5 Å². The number of rotatable bonds is 9. The predicted molar refractivity (Wildman–Crippen MR) is 170 cm³/mol. The van der Waals surface area contributed by atoms with Crippen molar-refractivity contribution < 1.29 is 13.9 Å². The zero-order chi connectivity index (χ0) is 31.0. The Balaban J connectivity index is 1.35. The van der Waals surface area contributed by atoms with Crippen molar-refractivity contribution in [3.8, 4) is 12.1 Å². The third-order valence-electron chi connectivity index (χ3n) is 8.96. The molecule has 1 atom stereocenters. The third kappa shape index (κ3) is 5.91. The minimum absolute atomic E-state index is 0.104. The average molecular weight is 618 g/mol. The summed E-state index contributed by atoms with van der Waals surface area (Å²) in [6.07, 6.45) is 4.38. The first-order valence-corrected chi connectivity index (χ1v) is 15.4. The Bertz CT molecular complexity index is 1640. The average Bonchev–Trinajstić information content (AvgIpc) is 3.79. The second kappa shape index (κ2) is 12.2. The molecule has 3 aliphatic rings. The van der Waals surface area contributed by atoms with Gasteiger partial charge in [0, 0.05) is 54.8 Å². The highest BCUT2D eigenvalue weighted by Gasteiger charge is 2.44. The van der Waals surface area contributed by atoms with Crippen molar-refractivity contribution in [2.75, 3.05) is 63.2 Å². The van der Waals surface area contributed by atoms with E-state index in [4.69, 9.17) is 26.3 Å². The van der Waals surface area contributed by atoms with E-state index in [1.54, 1.807) is 11.0 Å². The number of halogens is 2. The van der Waals surface area contributed by atoms with Crippen LogP contribution in [0.25, 0.3) is 10.8 Å². The van der Waals surface area contributed by atoms with Crippen LogP contribution in [-0.4, -0.2) is 85.1 Å². The zero-order valence-electron chi connectivity index (χ0n) is 25.2. The van der Waals surface area contributed by atoms with Crippen LogP contribution in [0, 0.1) is 22.6 Å². The summed E-state index contributed by atoms with van der Waals surface area (Å²) in [5.41, 5.74) is 2.83. The summed E-state index contributed by atoms with van der Waals surface area (Å²) in [5.74, 6) is 0.171. The van der Waals surface area contributed by atoms with Crippen molar-refractivity contribution >= 4 is 39.8 Å². The highest BCUT2D eigenvalue weighted by Crippen LogP contribution is 2.46. The van der Waals surface area contributed by atoms with E-state index in [9.17, 15) is 14.4 Å². The second-order valence-corrected chi connectivity index (χ2v) is 12.8. The molecule has 3 heterocycles. The standard InChI is InChI=1S/C33H37ClFN7O2/c1-4-28(43)42-17-16-41(18-23(42)10-14-36)31-24-11-15-40(27-7-5-6-22-8-9-25(35)30(34)29(22)27)19-26(24)37-32(38-31)44-21-33(12-13-33)20-39(2)3/h4-9,23H,1,10-13,15-21H2,2-3H3. The zero-order valence-corrected chi connectivity index (χ0v) is 26.0. The summed E-state index contributed by atoms with van der Waals surface area (Å²) in [7, 11) is 4.14. The quantitative estimate of drug-likeness (QED) is 0.316. The number of nitriles is 1. The van der Waals surface area contributed by atoms with Gasteiger partial charge in [-0.15, -0.1) is 0 Å². The first-order valence-electron chi connectivity index (χ1n) is 15.1. The van der Waals surface area contributed by atoms with Gasteiger partial charge < -0.3 is 24.3 Å². The molecule has 11 heteroatoms. The molecule has 1 aliphatic carbocycles. The van der Waals surface area contributed by atoms with E-state index >= 15 is 0 Å². The van der Waals surface area contributed by atoms with Crippen LogP contribution in [-0.2, 0) is 17.8 Å². The maximum atomic E-state index is 14.6. The van der Waals surface area contributed by atoms with Crippen LogP contribution in [0.1, 0.15) is 30.5 Å². The van der Waals surface area contributed by atoms with Gasteiger partial charge in [-0.3, -0.25) is 4.79 Å². The molecule has 230 valence electrons. The first-order chi connectivity index (χ1) is 21.2. The van der Waals surface area contributed by atoms with Crippen molar-refractivity contribution in [3.63, 3.8) is 0 Å². The number of hydrogen-bond donors (Lipinski definition) is 0. The van der Waals surface area contributed by atoms with Crippen LogP contribution in [0.2, 0.25) is 5.02 Å². The van der Waals surface area contributed by atoms with Gasteiger partial charge in [0.1, 0.15) is 11.6 Å². The van der Waals surface area contributed by atoms with Crippen molar-refractivity contribution in [3.05, 3.63) is 65.1 Å². The lowest BCUT2D eigenvalue weighted by atomic mass is 10.0. The monoisotopic (exact) mass is 617 g/mol. The van der Waals surface area contributed by atoms with Crippen molar-refractivity contribution in [2.24, 2.45) is 5.41 Å². The predicted octanol–water partition coefficient (Wildman–Crippen LogP) is 4.82. The van der Waals surface area contributed by atoms with Gasteiger partial charge in [0.15, 0.2) is 0 Å². The molecule has 3 aromatic rings. The molecule has 1 saturated heterocycles. The van der Waals surface area contributed by atoms with E-state index < -0.39 is 5.82 Å². The summed E-state index contributed by atoms with van der Waals surface area (Å²) in [6.45, 7) is 7.75. The highest BCUT2D eigenvalue weighted by molar-refractivity contribution is 6.36. The van der Waals surface area contributed by atoms with E-state index in [0.29, 0.717) is 57.1 Å². The molecule has 0 spiro atoms. The van der Waals surface area contributed by atoms with E-state index in [2.05, 4.69) is 41.4 Å². The fourth-order valence-electron chi connectivity index (χ4n) is 6.62. The topological polar surface area (TPSA) is 88.8 Å². The summed E-state index contributed by atoms with van der Waals surface area (Å²) in [6, 6.07) is 11.3. The van der Waals surface area contributed by atoms with Crippen LogP contribution in [0.3, 0.4) is 0 Å². The smallest absolute Gasteiger partial charge is 0.318 e. The number of anilines is 2. The summed E-state index contributed by atoms with van der Waals surface area (Å²) in [5, 5.41) is 11.2. The maximum Gasteiger partial charge on any atom is 0.318 e. The Kier molecular flexibility index (Phi) is 8.36. The van der Waals surface area contributed by atoms with Crippen LogP contribution in [0.15, 0.2) is 43.0 Å². The molecule has 1 amide bonds. The fraction of sp³-hybridized carbons (Fsp3) is 0.455. The normalized spacial score (nSPS) is 19.1. The van der Waals surface area contributed by atoms with Crippen LogP contribution >= 0.6 is 11.6 Å². The lowest BCUT2D eigenvalue weighted by Gasteiger charge is -2.42. The number of piperazine rings is 1. The molecular formula is C33H37ClFN7O2. The number of benzene rings is 2. The Morgan fingerprint density at radius 3 is 2.77 bits per heavy atom. The molecule has 0 N–H and O–H groups in total. The molecular weight excluding hydrogens is 581 g/mol. The minimum Gasteiger partial charge on any atom is -0.463 e. The number of carbonyl (C=O) groups is 1. The lowest BCUT2D eigenvalue weighted by Crippen LogP contribution is -2.55. The van der Waals surface area contributed by atoms with Gasteiger partial charge in [-0.25, -0.2) is 4.39 Å². The number of ether oxygens (including phenoxy) is 1. The Hall–Kier alpha value is -3.94. The van der Waals surface area contributed by atoms with Crippen LogP contribution in [0.4, 0.5) is 15.9 Å². The molecule has 1 aromatic heterocycles. The fourth-order valence-corrected chi connectivity index (χ4v) is 6.89. The minimum atomic E-state index is -0.447. The number of hydrogen-bond acceptors (Lipinski definition) is 8. The molecule has 9 nitrogen and oxygen atoms in total. The molecule has 2 fully saturated rings. The molecule has 1 unspecified atom stereocenters. The van der Waals surface area contributed by atoms with E-state index in [-0.39, 0.29) is 28.8 Å². The summed E-state index contributed by atoms with van der Waals surface area (Å²) in [4.78, 5) is 30.7. The molecule has 2 aromatic carbocycles. The van der Waals surface area contributed by atoms with Gasteiger partial charge in [0.25, 0.3) is 0 Å². The Labute approximate surface area is 262 Å². The van der Waals surface area contributed by atoms with Crippen molar-refractivity contribution in [1.29, 1.82) is 5.26 Å². The van der Waals surface area contributed by atoms with Crippen molar-refractivity contribution in [2.45, 2.75) is 38.3 Å². The summed E-state index contributed by atoms with van der Waals surface area (Å²) < 4.78 is 20.9. The lowest BCUT2D eigenvalue weighted by molar-refractivity contribution is -0.128. The molecule has 2 aliphatic heterocycles. The van der Waals surface area contributed by atoms with Crippen LogP contribution < -0.4 is 14.5 Å². The second-order valence-electron chi connectivity index (χ2n) is 12.4. The van der Waals surface area contributed by atoms with Gasteiger partial charge in [-0.2, -0.15) is 15.2 Å². The van der Waals surface area contributed by atoms with Gasteiger partial charge >= 0.3 is 6.01 Å². The maximum absolute atomic E-state index is 14.6. The Morgan fingerprint density at radius 1 is 1.23 bits per heavy atom. The van der Waals surface area contributed by atoms with E-state index in [1.165, 1.54) is 12.1 Å². The summed E-state index contributed by atoms with van der Waals surface area (Å²) >= 11 is 6.50. The van der Waals surface area contributed by atoms with Gasteiger partial charge in [0.05, 0.1) is 42.4 Å². The van der Waals surface area contributed by atoms with E-state index in [1.807, 2.05) is 18.2 Å².